The van der Waals surface area contributed by atoms with E-state index < -0.39 is 16.2 Å². The highest BCUT2D eigenvalue weighted by Gasteiger charge is 2.31. The number of aromatic nitrogens is 4. The fraction of sp³-hybridized carbons (Fsp3) is 0.474. The van der Waals surface area contributed by atoms with Crippen molar-refractivity contribution in [1.29, 1.82) is 0 Å². The molecule has 4 heterocycles. The third-order valence-corrected chi connectivity index (χ3v) is 5.54. The van der Waals surface area contributed by atoms with Crippen LogP contribution >= 0.6 is 0 Å². The number of nitrogens with zero attached hydrogens (tertiary/aromatic N) is 7. The van der Waals surface area contributed by atoms with Gasteiger partial charge in [0.05, 0.1) is 11.5 Å². The number of hydrogen-bond donors (Lipinski definition) is 0. The SMILES string of the molecule is O=c1c([N+](=O)[O-])c(N2CCCN(Cc3noc(C4CC4)n3)CC2)nc2ccccn12. The average molecular weight is 411 g/mol. The number of fused-ring (bicyclic) bond motifs is 1. The summed E-state index contributed by atoms with van der Waals surface area (Å²) >= 11 is 0. The molecular formula is C19H21N7O4. The highest BCUT2D eigenvalue weighted by molar-refractivity contribution is 5.61. The molecule has 0 amide bonds. The second-order valence-electron chi connectivity index (χ2n) is 7.71. The molecule has 0 aromatic carbocycles. The smallest absolute Gasteiger partial charge is 0.349 e. The van der Waals surface area contributed by atoms with E-state index in [0.29, 0.717) is 43.6 Å². The van der Waals surface area contributed by atoms with Gasteiger partial charge in [0.25, 0.3) is 0 Å². The van der Waals surface area contributed by atoms with Crippen LogP contribution in [0.1, 0.15) is 36.9 Å². The third-order valence-electron chi connectivity index (χ3n) is 5.54. The lowest BCUT2D eigenvalue weighted by atomic mass is 10.3. The Bertz CT molecular complexity index is 1150. The van der Waals surface area contributed by atoms with E-state index in [1.165, 1.54) is 10.6 Å². The monoisotopic (exact) mass is 411 g/mol. The van der Waals surface area contributed by atoms with E-state index in [1.807, 2.05) is 4.90 Å². The number of nitro groups is 1. The molecule has 3 aromatic rings. The van der Waals surface area contributed by atoms with Crippen LogP contribution in [0.3, 0.4) is 0 Å². The molecule has 2 aliphatic rings. The zero-order valence-corrected chi connectivity index (χ0v) is 16.3. The first-order chi connectivity index (χ1) is 14.6. The van der Waals surface area contributed by atoms with Crippen molar-refractivity contribution in [3.8, 4) is 0 Å². The molecule has 1 aliphatic carbocycles. The van der Waals surface area contributed by atoms with Crippen molar-refractivity contribution < 1.29 is 9.45 Å². The lowest BCUT2D eigenvalue weighted by Crippen LogP contribution is -2.33. The van der Waals surface area contributed by atoms with E-state index in [1.54, 1.807) is 18.2 Å². The van der Waals surface area contributed by atoms with E-state index in [2.05, 4.69) is 20.0 Å². The van der Waals surface area contributed by atoms with Crippen LogP contribution < -0.4 is 10.5 Å². The first-order valence-corrected chi connectivity index (χ1v) is 10.1. The standard InChI is InChI=1S/C19H21N7O4/c27-19-16(26(28)29)17(21-15-4-1-2-9-25(15)19)24-8-3-7-23(10-11-24)12-14-20-18(30-22-14)13-5-6-13/h1-2,4,9,13H,3,5-8,10-12H2. The summed E-state index contributed by atoms with van der Waals surface area (Å²) in [5.74, 6) is 1.94. The first kappa shape index (κ1) is 18.7. The van der Waals surface area contributed by atoms with Gasteiger partial charge in [0.2, 0.25) is 11.7 Å². The maximum atomic E-state index is 12.7. The minimum Gasteiger partial charge on any atom is -0.349 e. The van der Waals surface area contributed by atoms with Gasteiger partial charge in [-0.15, -0.1) is 0 Å². The van der Waals surface area contributed by atoms with Crippen molar-refractivity contribution in [1.82, 2.24) is 24.4 Å². The Labute approximate surface area is 171 Å². The molecule has 1 saturated carbocycles. The summed E-state index contributed by atoms with van der Waals surface area (Å²) in [7, 11) is 0. The topological polar surface area (TPSA) is 123 Å². The molecular weight excluding hydrogens is 390 g/mol. The van der Waals surface area contributed by atoms with Crippen molar-refractivity contribution in [2.45, 2.75) is 31.7 Å². The number of rotatable bonds is 5. The minimum absolute atomic E-state index is 0.133. The van der Waals surface area contributed by atoms with Gasteiger partial charge in [-0.25, -0.2) is 4.98 Å². The predicted molar refractivity (Wildman–Crippen MR) is 106 cm³/mol. The van der Waals surface area contributed by atoms with Crippen molar-refractivity contribution in [2.24, 2.45) is 0 Å². The van der Waals surface area contributed by atoms with Crippen molar-refractivity contribution >= 4 is 17.2 Å². The maximum Gasteiger partial charge on any atom is 0.376 e. The summed E-state index contributed by atoms with van der Waals surface area (Å²) in [6, 6.07) is 5.07. The maximum absolute atomic E-state index is 12.7. The van der Waals surface area contributed by atoms with Crippen LogP contribution in [0.2, 0.25) is 0 Å². The van der Waals surface area contributed by atoms with Crippen LogP contribution in [0.15, 0.2) is 33.7 Å². The van der Waals surface area contributed by atoms with Gasteiger partial charge in [0, 0.05) is 38.3 Å². The van der Waals surface area contributed by atoms with Crippen LogP contribution in [-0.2, 0) is 6.54 Å². The molecule has 0 N–H and O–H groups in total. The van der Waals surface area contributed by atoms with Crippen LogP contribution in [0, 0.1) is 10.1 Å². The van der Waals surface area contributed by atoms with Gasteiger partial charge in [0.1, 0.15) is 5.65 Å². The predicted octanol–water partition coefficient (Wildman–Crippen LogP) is 1.58. The molecule has 0 radical (unpaired) electrons. The summed E-state index contributed by atoms with van der Waals surface area (Å²) in [5, 5.41) is 15.7. The Morgan fingerprint density at radius 2 is 2.03 bits per heavy atom. The van der Waals surface area contributed by atoms with Gasteiger partial charge < -0.3 is 9.42 Å². The Morgan fingerprint density at radius 1 is 1.17 bits per heavy atom. The molecule has 5 rings (SSSR count). The van der Waals surface area contributed by atoms with Gasteiger partial charge in [-0.3, -0.25) is 24.2 Å². The quantitative estimate of drug-likeness (QED) is 0.454. The van der Waals surface area contributed by atoms with E-state index in [-0.39, 0.29) is 5.82 Å². The summed E-state index contributed by atoms with van der Waals surface area (Å²) in [4.78, 5) is 36.7. The number of anilines is 1. The molecule has 3 aromatic heterocycles. The lowest BCUT2D eigenvalue weighted by molar-refractivity contribution is -0.385. The second kappa shape index (κ2) is 7.48. The van der Waals surface area contributed by atoms with Gasteiger partial charge in [-0.05, 0) is 31.4 Å². The molecule has 11 heteroatoms. The molecule has 0 unspecified atom stereocenters. The van der Waals surface area contributed by atoms with Gasteiger partial charge in [-0.1, -0.05) is 11.2 Å². The van der Waals surface area contributed by atoms with Gasteiger partial charge in [0.15, 0.2) is 5.82 Å². The molecule has 2 fully saturated rings. The molecule has 1 saturated heterocycles. The van der Waals surface area contributed by atoms with Crippen molar-refractivity contribution in [3.63, 3.8) is 0 Å². The van der Waals surface area contributed by atoms with E-state index in [9.17, 15) is 14.9 Å². The first-order valence-electron chi connectivity index (χ1n) is 10.1. The van der Waals surface area contributed by atoms with Gasteiger partial charge >= 0.3 is 11.2 Å². The van der Waals surface area contributed by atoms with Crippen LogP contribution in [0.4, 0.5) is 11.5 Å². The van der Waals surface area contributed by atoms with Crippen molar-refractivity contribution in [3.05, 3.63) is 56.6 Å². The molecule has 0 bridgehead atoms. The molecule has 30 heavy (non-hydrogen) atoms. The Balaban J connectivity index is 1.37. The molecule has 0 spiro atoms. The highest BCUT2D eigenvalue weighted by Crippen LogP contribution is 2.38. The summed E-state index contributed by atoms with van der Waals surface area (Å²) < 4.78 is 6.54. The molecule has 11 nitrogen and oxygen atoms in total. The van der Waals surface area contributed by atoms with Crippen LogP contribution in [0.25, 0.3) is 5.65 Å². The number of hydrogen-bond acceptors (Lipinski definition) is 9. The lowest BCUT2D eigenvalue weighted by Gasteiger charge is -2.22. The summed E-state index contributed by atoms with van der Waals surface area (Å²) in [6.07, 6.45) is 4.49. The van der Waals surface area contributed by atoms with Crippen LogP contribution in [0.5, 0.6) is 0 Å². The Kier molecular flexibility index (Phi) is 4.66. The highest BCUT2D eigenvalue weighted by atomic mass is 16.6. The number of pyridine rings is 1. The summed E-state index contributed by atoms with van der Waals surface area (Å²) in [5.41, 5.74) is -0.760. The van der Waals surface area contributed by atoms with E-state index in [0.717, 1.165) is 31.7 Å². The Hall–Kier alpha value is -3.34. The second-order valence-corrected chi connectivity index (χ2v) is 7.71. The zero-order chi connectivity index (χ0) is 20.7. The average Bonchev–Trinajstić information content (AvgIpc) is 3.52. The third kappa shape index (κ3) is 3.52. The van der Waals surface area contributed by atoms with Crippen LogP contribution in [-0.4, -0.2) is 55.5 Å². The largest absolute Gasteiger partial charge is 0.376 e. The molecule has 156 valence electrons. The minimum atomic E-state index is -0.666. The fourth-order valence-electron chi connectivity index (χ4n) is 3.82. The zero-order valence-electron chi connectivity index (χ0n) is 16.3. The summed E-state index contributed by atoms with van der Waals surface area (Å²) in [6.45, 7) is 3.11. The molecule has 1 aliphatic heterocycles. The van der Waals surface area contributed by atoms with E-state index in [4.69, 9.17) is 4.52 Å². The molecule has 0 atom stereocenters. The Morgan fingerprint density at radius 3 is 2.83 bits per heavy atom. The normalized spacial score (nSPS) is 17.9. The fourth-order valence-corrected chi connectivity index (χ4v) is 3.82. The van der Waals surface area contributed by atoms with E-state index >= 15 is 0 Å². The van der Waals surface area contributed by atoms with Crippen molar-refractivity contribution in [2.75, 3.05) is 31.1 Å². The van der Waals surface area contributed by atoms with Gasteiger partial charge in [-0.2, -0.15) is 4.98 Å².